The molecule has 0 radical (unpaired) electrons. The van der Waals surface area contributed by atoms with Gasteiger partial charge in [-0.1, -0.05) is 52.9 Å². The lowest BCUT2D eigenvalue weighted by molar-refractivity contribution is 0.123. The molecular weight excluding hydrogens is 288 g/mol. The lowest BCUT2D eigenvalue weighted by Crippen LogP contribution is -2.53. The molecule has 0 bridgehead atoms. The fraction of sp³-hybridized carbons (Fsp3) is 1.00. The highest BCUT2D eigenvalue weighted by atomic mass is 28.4. The van der Waals surface area contributed by atoms with E-state index in [1.54, 1.807) is 0 Å². The van der Waals surface area contributed by atoms with Crippen LogP contribution in [0.5, 0.6) is 0 Å². The molecule has 3 heteroatoms. The Labute approximate surface area is 139 Å². The third-order valence-electron chi connectivity index (χ3n) is 5.77. The number of rotatable bonds is 7. The van der Waals surface area contributed by atoms with Crippen LogP contribution in [0, 0.1) is 11.8 Å². The summed E-state index contributed by atoms with van der Waals surface area (Å²) in [5.74, 6) is 1.51. The van der Waals surface area contributed by atoms with Crippen molar-refractivity contribution in [1.29, 1.82) is 0 Å². The second kappa shape index (κ2) is 8.84. The summed E-state index contributed by atoms with van der Waals surface area (Å²) in [6.07, 6.45) is 12.4. The van der Waals surface area contributed by atoms with Crippen LogP contribution < -0.4 is 0 Å². The second-order valence-corrected chi connectivity index (χ2v) is 11.8. The smallest absolute Gasteiger partial charge is 0.344 e. The van der Waals surface area contributed by atoms with Gasteiger partial charge < -0.3 is 8.85 Å². The molecule has 0 saturated heterocycles. The maximum Gasteiger partial charge on any atom is 0.344 e. The summed E-state index contributed by atoms with van der Waals surface area (Å²) < 4.78 is 13.4. The maximum atomic E-state index is 6.76. The zero-order chi connectivity index (χ0) is 16.0. The maximum absolute atomic E-state index is 6.76. The van der Waals surface area contributed by atoms with Gasteiger partial charge in [0.15, 0.2) is 0 Å². The van der Waals surface area contributed by atoms with Gasteiger partial charge in [-0.05, 0) is 44.4 Å². The summed E-state index contributed by atoms with van der Waals surface area (Å²) in [6.45, 7) is 10.9. The summed E-state index contributed by atoms with van der Waals surface area (Å²) in [4.78, 5) is 0. The highest BCUT2D eigenvalue weighted by molar-refractivity contribution is 6.70. The van der Waals surface area contributed by atoms with Gasteiger partial charge in [0, 0.05) is 24.3 Å². The molecule has 22 heavy (non-hydrogen) atoms. The van der Waals surface area contributed by atoms with Gasteiger partial charge in [-0.3, -0.25) is 0 Å². The van der Waals surface area contributed by atoms with Gasteiger partial charge in [-0.2, -0.15) is 0 Å². The van der Waals surface area contributed by atoms with E-state index in [1.807, 2.05) is 0 Å². The van der Waals surface area contributed by atoms with Crippen molar-refractivity contribution in [3.05, 3.63) is 0 Å². The predicted octanol–water partition coefficient (Wildman–Crippen LogP) is 6.05. The zero-order valence-electron chi connectivity index (χ0n) is 15.4. The van der Waals surface area contributed by atoms with Crippen molar-refractivity contribution in [3.8, 4) is 0 Å². The molecule has 0 spiro atoms. The molecule has 2 rings (SSSR count). The molecule has 2 aliphatic rings. The largest absolute Gasteiger partial charge is 0.394 e. The number of hydrogen-bond donors (Lipinski definition) is 0. The molecule has 130 valence electrons. The van der Waals surface area contributed by atoms with Crippen molar-refractivity contribution in [2.45, 2.75) is 96.6 Å². The van der Waals surface area contributed by atoms with E-state index in [1.165, 1.54) is 57.8 Å². The van der Waals surface area contributed by atoms with E-state index in [0.717, 1.165) is 30.2 Å². The van der Waals surface area contributed by atoms with Gasteiger partial charge >= 0.3 is 8.56 Å². The van der Waals surface area contributed by atoms with Crippen molar-refractivity contribution in [1.82, 2.24) is 0 Å². The quantitative estimate of drug-likeness (QED) is 0.530. The minimum absolute atomic E-state index is 0.610. The average molecular weight is 327 g/mol. The normalized spacial score (nSPS) is 30.4. The van der Waals surface area contributed by atoms with E-state index in [-0.39, 0.29) is 0 Å². The van der Waals surface area contributed by atoms with Crippen molar-refractivity contribution in [3.63, 3.8) is 0 Å². The molecule has 0 amide bonds. The van der Waals surface area contributed by atoms with Crippen LogP contribution in [0.1, 0.15) is 85.5 Å². The van der Waals surface area contributed by atoms with Gasteiger partial charge in [-0.15, -0.1) is 0 Å². The van der Waals surface area contributed by atoms with Crippen molar-refractivity contribution in [2.24, 2.45) is 11.8 Å². The molecule has 2 saturated carbocycles. The van der Waals surface area contributed by atoms with E-state index in [4.69, 9.17) is 8.85 Å². The van der Waals surface area contributed by atoms with E-state index in [9.17, 15) is 0 Å². The fourth-order valence-corrected chi connectivity index (χ4v) is 9.63. The van der Waals surface area contributed by atoms with Crippen LogP contribution in [0.25, 0.3) is 0 Å². The molecular formula is C19H38O2Si. The SMILES string of the molecule is CCO[Si](OCC(C)C)(C1CCCCC1)C1CCC(C)CC1. The van der Waals surface area contributed by atoms with Gasteiger partial charge in [0.1, 0.15) is 0 Å². The van der Waals surface area contributed by atoms with Gasteiger partial charge in [0.2, 0.25) is 0 Å². The summed E-state index contributed by atoms with van der Waals surface area (Å²) in [6, 6.07) is 0. The lowest BCUT2D eigenvalue weighted by atomic mass is 9.90. The standard InChI is InChI=1S/C19H38O2Si/c1-5-20-22(21-15-16(2)3,18-9-7-6-8-10-18)19-13-11-17(4)12-14-19/h16-19H,5-15H2,1-4H3. The van der Waals surface area contributed by atoms with Crippen molar-refractivity contribution in [2.75, 3.05) is 13.2 Å². The zero-order valence-corrected chi connectivity index (χ0v) is 16.4. The molecule has 2 aliphatic carbocycles. The second-order valence-electron chi connectivity index (χ2n) is 8.15. The molecule has 0 heterocycles. The molecule has 0 aliphatic heterocycles. The Balaban J connectivity index is 2.17. The first-order chi connectivity index (χ1) is 10.6. The van der Waals surface area contributed by atoms with Crippen LogP contribution in [0.2, 0.25) is 11.1 Å². The third kappa shape index (κ3) is 4.58. The average Bonchev–Trinajstić information content (AvgIpc) is 2.53. The van der Waals surface area contributed by atoms with E-state index >= 15 is 0 Å². The van der Waals surface area contributed by atoms with Crippen LogP contribution in [0.3, 0.4) is 0 Å². The van der Waals surface area contributed by atoms with E-state index in [0.29, 0.717) is 5.92 Å². The molecule has 0 aromatic carbocycles. The first-order valence-corrected chi connectivity index (χ1v) is 11.8. The summed E-state index contributed by atoms with van der Waals surface area (Å²) >= 11 is 0. The Bertz CT molecular complexity index is 307. The van der Waals surface area contributed by atoms with Crippen LogP contribution in [-0.4, -0.2) is 21.8 Å². The monoisotopic (exact) mass is 326 g/mol. The molecule has 0 aromatic rings. The van der Waals surface area contributed by atoms with Crippen molar-refractivity contribution < 1.29 is 8.85 Å². The molecule has 2 fully saturated rings. The summed E-state index contributed by atoms with van der Waals surface area (Å²) in [7, 11) is -2.09. The minimum Gasteiger partial charge on any atom is -0.394 e. The third-order valence-corrected chi connectivity index (χ3v) is 10.6. The van der Waals surface area contributed by atoms with Crippen LogP contribution in [0.15, 0.2) is 0 Å². The minimum atomic E-state index is -2.09. The van der Waals surface area contributed by atoms with Gasteiger partial charge in [0.25, 0.3) is 0 Å². The lowest BCUT2D eigenvalue weighted by Gasteiger charge is -2.46. The Morgan fingerprint density at radius 1 is 0.864 bits per heavy atom. The predicted molar refractivity (Wildman–Crippen MR) is 96.4 cm³/mol. The van der Waals surface area contributed by atoms with E-state index in [2.05, 4.69) is 27.7 Å². The molecule has 1 atom stereocenters. The van der Waals surface area contributed by atoms with E-state index < -0.39 is 8.56 Å². The Morgan fingerprint density at radius 3 is 2.00 bits per heavy atom. The number of hydrogen-bond acceptors (Lipinski definition) is 2. The van der Waals surface area contributed by atoms with Crippen LogP contribution in [0.4, 0.5) is 0 Å². The topological polar surface area (TPSA) is 18.5 Å². The highest BCUT2D eigenvalue weighted by Gasteiger charge is 2.52. The molecule has 0 N–H and O–H groups in total. The first kappa shape index (κ1) is 18.5. The Kier molecular flexibility index (Phi) is 7.42. The van der Waals surface area contributed by atoms with Crippen LogP contribution in [-0.2, 0) is 8.85 Å². The first-order valence-electron chi connectivity index (χ1n) is 9.86. The summed E-state index contributed by atoms with van der Waals surface area (Å²) in [5.41, 5.74) is 1.49. The summed E-state index contributed by atoms with van der Waals surface area (Å²) in [5, 5.41) is 0. The Morgan fingerprint density at radius 2 is 1.45 bits per heavy atom. The molecule has 0 aromatic heterocycles. The van der Waals surface area contributed by atoms with Crippen molar-refractivity contribution >= 4 is 8.56 Å². The molecule has 1 unspecified atom stereocenters. The van der Waals surface area contributed by atoms with Gasteiger partial charge in [0.05, 0.1) is 0 Å². The Hall–Kier alpha value is 0.137. The van der Waals surface area contributed by atoms with Gasteiger partial charge in [-0.25, -0.2) is 0 Å². The highest BCUT2D eigenvalue weighted by Crippen LogP contribution is 2.50. The molecule has 2 nitrogen and oxygen atoms in total. The van der Waals surface area contributed by atoms with Crippen LogP contribution >= 0.6 is 0 Å². The fourth-order valence-electron chi connectivity index (χ4n) is 4.54.